The fourth-order valence-corrected chi connectivity index (χ4v) is 8.73. The van der Waals surface area contributed by atoms with Gasteiger partial charge in [0.25, 0.3) is 0 Å². The zero-order valence-electron chi connectivity index (χ0n) is 40.1. The maximum atomic E-state index is 13.3. The topological polar surface area (TPSA) is 0 Å². The molecular formula is C58H72F2S. The summed E-state index contributed by atoms with van der Waals surface area (Å²) in [4.78, 5) is 2.63. The maximum Gasteiger partial charge on any atom is 0.129 e. The number of aryl methyl sites for hydroxylation is 8. The zero-order valence-corrected chi connectivity index (χ0v) is 40.9. The molecule has 0 spiro atoms. The molecule has 0 aromatic heterocycles. The first-order valence-electron chi connectivity index (χ1n) is 22.2. The molecule has 7 rings (SSSR count). The van der Waals surface area contributed by atoms with Gasteiger partial charge in [0.1, 0.15) is 11.6 Å². The summed E-state index contributed by atoms with van der Waals surface area (Å²) in [6.07, 6.45) is 2.89. The average molecular weight is 839 g/mol. The molecule has 0 aliphatic heterocycles. The van der Waals surface area contributed by atoms with Gasteiger partial charge in [-0.2, -0.15) is 0 Å². The first kappa shape index (κ1) is 49.2. The molecular weight excluding hydrogens is 767 g/mol. The molecule has 0 saturated heterocycles. The van der Waals surface area contributed by atoms with Gasteiger partial charge in [-0.25, -0.2) is 8.78 Å². The molecule has 6 aromatic rings. The summed E-state index contributed by atoms with van der Waals surface area (Å²) < 4.78 is 26.5. The second-order valence-corrected chi connectivity index (χ2v) is 19.4. The van der Waals surface area contributed by atoms with E-state index in [4.69, 9.17) is 0 Å². The van der Waals surface area contributed by atoms with Crippen molar-refractivity contribution in [1.82, 2.24) is 0 Å². The van der Waals surface area contributed by atoms with Crippen LogP contribution in [0, 0.1) is 118 Å². The van der Waals surface area contributed by atoms with Crippen molar-refractivity contribution in [3.63, 3.8) is 0 Å². The lowest BCUT2D eigenvalue weighted by Gasteiger charge is -2.35. The molecule has 0 heterocycles. The summed E-state index contributed by atoms with van der Waals surface area (Å²) in [6, 6.07) is 35.5. The van der Waals surface area contributed by atoms with Crippen molar-refractivity contribution in [3.8, 4) is 22.3 Å². The Balaban J connectivity index is 0.000000188. The third-order valence-electron chi connectivity index (χ3n) is 13.6. The van der Waals surface area contributed by atoms with Gasteiger partial charge < -0.3 is 0 Å². The normalized spacial score (nSPS) is 17.0. The molecule has 0 N–H and O–H groups in total. The van der Waals surface area contributed by atoms with Gasteiger partial charge in [0.05, 0.1) is 0 Å². The van der Waals surface area contributed by atoms with Crippen LogP contribution < -0.4 is 0 Å². The van der Waals surface area contributed by atoms with Crippen LogP contribution in [-0.2, 0) is 0 Å². The third kappa shape index (κ3) is 13.3. The molecule has 0 nitrogen and oxygen atoms in total. The lowest BCUT2D eigenvalue weighted by atomic mass is 9.71. The standard InChI is InChI=1S/C22H22.C16H18S.C10H12F2.C10H20/c1-15-5-7-21(13-17(15)3)19-9-11-20(12-10-19)22-8-6-16(2)18(4)14-22;1-11-5-7-15(9-13(11)3)17-16-8-6-12(2)14(4)10-16;1-5-6(2)10(12)8(4)7(3)9(5)11;1-7-5-9(3)10(4)6-8(7)2/h5-14H,1-4H3;5-10H,1-4H3;1-4H3;7-10H,5-6H2,1-4H3. The molecule has 0 bridgehead atoms. The van der Waals surface area contributed by atoms with Gasteiger partial charge in [-0.1, -0.05) is 112 Å². The highest BCUT2D eigenvalue weighted by atomic mass is 32.2. The van der Waals surface area contributed by atoms with Crippen LogP contribution >= 0.6 is 11.8 Å². The van der Waals surface area contributed by atoms with Gasteiger partial charge >= 0.3 is 0 Å². The van der Waals surface area contributed by atoms with E-state index in [1.165, 1.54) is 89.4 Å². The van der Waals surface area contributed by atoms with E-state index in [2.05, 4.69) is 180 Å². The molecule has 4 atom stereocenters. The van der Waals surface area contributed by atoms with Crippen LogP contribution in [0.4, 0.5) is 8.78 Å². The Morgan fingerprint density at radius 3 is 0.836 bits per heavy atom. The summed E-state index contributed by atoms with van der Waals surface area (Å²) in [5.74, 6) is 3.28. The number of benzene rings is 6. The minimum atomic E-state index is -0.286. The molecule has 1 aliphatic carbocycles. The van der Waals surface area contributed by atoms with Crippen LogP contribution in [-0.4, -0.2) is 0 Å². The Bertz CT molecular complexity index is 2150. The lowest BCUT2D eigenvalue weighted by molar-refractivity contribution is 0.157. The second-order valence-electron chi connectivity index (χ2n) is 18.3. The number of rotatable bonds is 4. The predicted octanol–water partition coefficient (Wildman–Crippen LogP) is 17.8. The van der Waals surface area contributed by atoms with Crippen molar-refractivity contribution in [2.24, 2.45) is 23.7 Å². The van der Waals surface area contributed by atoms with Crippen molar-refractivity contribution >= 4 is 11.8 Å². The predicted molar refractivity (Wildman–Crippen MR) is 263 cm³/mol. The van der Waals surface area contributed by atoms with E-state index in [0.29, 0.717) is 22.3 Å². The van der Waals surface area contributed by atoms with E-state index in [0.717, 1.165) is 23.7 Å². The Kier molecular flexibility index (Phi) is 17.8. The van der Waals surface area contributed by atoms with Gasteiger partial charge in [0.15, 0.2) is 0 Å². The molecule has 0 amide bonds. The molecule has 324 valence electrons. The highest BCUT2D eigenvalue weighted by molar-refractivity contribution is 7.99. The van der Waals surface area contributed by atoms with Crippen LogP contribution in [0.25, 0.3) is 22.3 Å². The molecule has 3 heteroatoms. The fraction of sp³-hybridized carbons (Fsp3) is 0.379. The van der Waals surface area contributed by atoms with E-state index in [9.17, 15) is 8.78 Å². The molecule has 4 unspecified atom stereocenters. The van der Waals surface area contributed by atoms with Crippen molar-refractivity contribution in [1.29, 1.82) is 0 Å². The number of hydrogen-bond donors (Lipinski definition) is 0. The Labute approximate surface area is 373 Å². The van der Waals surface area contributed by atoms with Gasteiger partial charge in [0.2, 0.25) is 0 Å². The monoisotopic (exact) mass is 839 g/mol. The first-order chi connectivity index (χ1) is 28.7. The molecule has 6 aromatic carbocycles. The highest BCUT2D eigenvalue weighted by Crippen LogP contribution is 2.37. The third-order valence-corrected chi connectivity index (χ3v) is 14.6. The van der Waals surface area contributed by atoms with E-state index < -0.39 is 0 Å². The summed E-state index contributed by atoms with van der Waals surface area (Å²) in [7, 11) is 0. The molecule has 1 fully saturated rings. The minimum absolute atomic E-state index is 0.286. The van der Waals surface area contributed by atoms with Gasteiger partial charge in [-0.05, 0) is 233 Å². The largest absolute Gasteiger partial charge is 0.206 e. The summed E-state index contributed by atoms with van der Waals surface area (Å²) >= 11 is 1.83. The molecule has 1 saturated carbocycles. The SMILES string of the molecule is CC1CC(C)C(C)CC1C.Cc1c(C)c(F)c(C)c(C)c1F.Cc1ccc(-c2ccc(-c3ccc(C)c(C)c3)cc2)cc1C.Cc1ccc(Sc2ccc(C)c(C)c2)cc1C. The number of halogens is 2. The smallest absolute Gasteiger partial charge is 0.129 e. The van der Waals surface area contributed by atoms with Crippen LogP contribution in [0.5, 0.6) is 0 Å². The van der Waals surface area contributed by atoms with Gasteiger partial charge in [-0.15, -0.1) is 0 Å². The van der Waals surface area contributed by atoms with Gasteiger partial charge in [0, 0.05) is 9.79 Å². The Hall–Kier alpha value is -4.47. The zero-order chi connectivity index (χ0) is 45.3. The van der Waals surface area contributed by atoms with Crippen LogP contribution in [0.1, 0.15) is 107 Å². The van der Waals surface area contributed by atoms with Crippen LogP contribution in [0.2, 0.25) is 0 Å². The Morgan fingerprint density at radius 1 is 0.328 bits per heavy atom. The van der Waals surface area contributed by atoms with E-state index in [-0.39, 0.29) is 11.6 Å². The van der Waals surface area contributed by atoms with Crippen LogP contribution in [0.15, 0.2) is 107 Å². The molecule has 0 radical (unpaired) electrons. The van der Waals surface area contributed by atoms with Crippen molar-refractivity contribution in [2.45, 2.75) is 133 Å². The van der Waals surface area contributed by atoms with E-state index in [1.807, 2.05) is 11.8 Å². The van der Waals surface area contributed by atoms with Crippen molar-refractivity contribution in [2.75, 3.05) is 0 Å². The van der Waals surface area contributed by atoms with Crippen LogP contribution in [0.3, 0.4) is 0 Å². The van der Waals surface area contributed by atoms with E-state index in [1.54, 1.807) is 27.7 Å². The Morgan fingerprint density at radius 2 is 0.574 bits per heavy atom. The number of hydrogen-bond acceptors (Lipinski definition) is 1. The lowest BCUT2D eigenvalue weighted by Crippen LogP contribution is -2.25. The quantitative estimate of drug-likeness (QED) is 0.170. The van der Waals surface area contributed by atoms with Gasteiger partial charge in [-0.3, -0.25) is 0 Å². The van der Waals surface area contributed by atoms with E-state index >= 15 is 0 Å². The molecule has 1 aliphatic rings. The summed E-state index contributed by atoms with van der Waals surface area (Å²) in [6.45, 7) is 33.3. The fourth-order valence-electron chi connectivity index (χ4n) is 7.71. The highest BCUT2D eigenvalue weighted by Gasteiger charge is 2.27. The average Bonchev–Trinajstić information content (AvgIpc) is 3.23. The minimum Gasteiger partial charge on any atom is -0.206 e. The second kappa shape index (κ2) is 22.1. The van der Waals surface area contributed by atoms with Crippen molar-refractivity contribution < 1.29 is 8.78 Å². The summed E-state index contributed by atoms with van der Waals surface area (Å²) in [5.41, 5.74) is 17.6. The summed E-state index contributed by atoms with van der Waals surface area (Å²) in [5, 5.41) is 0. The van der Waals surface area contributed by atoms with Crippen molar-refractivity contribution in [3.05, 3.63) is 175 Å². The maximum absolute atomic E-state index is 13.3. The molecule has 61 heavy (non-hydrogen) atoms. The first-order valence-corrected chi connectivity index (χ1v) is 23.0.